The van der Waals surface area contributed by atoms with E-state index in [1.54, 1.807) is 25.3 Å². The van der Waals surface area contributed by atoms with Gasteiger partial charge >= 0.3 is 5.97 Å². The maximum absolute atomic E-state index is 13.2. The van der Waals surface area contributed by atoms with Crippen LogP contribution in [0.4, 0.5) is 0 Å². The number of ether oxygens (including phenoxy) is 1. The van der Waals surface area contributed by atoms with E-state index in [1.807, 2.05) is 6.92 Å². The SMILES string of the molecule is Cc1nc(/C=C2/COC(=O)C[C@H](O)C(C)(C)C(=O)[C@H](C)[C@@H](O)[C@@H](C)CCC[C@@](C)(O)[C@@H](O)C[C@@H]2O)cs1. The van der Waals surface area contributed by atoms with Crippen molar-refractivity contribution in [3.8, 4) is 0 Å². The van der Waals surface area contributed by atoms with E-state index in [-0.39, 0.29) is 36.7 Å². The van der Waals surface area contributed by atoms with E-state index < -0.39 is 53.7 Å². The van der Waals surface area contributed by atoms with Gasteiger partial charge in [-0.3, -0.25) is 9.59 Å². The van der Waals surface area contributed by atoms with Gasteiger partial charge in [0.25, 0.3) is 0 Å². The molecule has 2 rings (SSSR count). The largest absolute Gasteiger partial charge is 0.461 e. The molecule has 0 saturated carbocycles. The summed E-state index contributed by atoms with van der Waals surface area (Å²) in [4.78, 5) is 30.1. The number of aromatic nitrogens is 1. The summed E-state index contributed by atoms with van der Waals surface area (Å²) in [7, 11) is 0. The number of cyclic esters (lactones) is 1. The van der Waals surface area contributed by atoms with E-state index in [4.69, 9.17) is 4.74 Å². The Bertz CT molecular complexity index is 956. The van der Waals surface area contributed by atoms with Crippen molar-refractivity contribution >= 4 is 29.2 Å². The summed E-state index contributed by atoms with van der Waals surface area (Å²) in [6.45, 7) is 9.49. The number of hydrogen-bond donors (Lipinski definition) is 5. The molecular formula is C27H43NO8S. The molecule has 1 fully saturated rings. The van der Waals surface area contributed by atoms with Crippen LogP contribution in [0, 0.1) is 24.2 Å². The Balaban J connectivity index is 2.36. The van der Waals surface area contributed by atoms with Gasteiger partial charge in [-0.1, -0.05) is 34.1 Å². The molecule has 0 radical (unpaired) electrons. The van der Waals surface area contributed by atoms with Gasteiger partial charge in [0.15, 0.2) is 0 Å². The third-order valence-electron chi connectivity index (χ3n) is 7.64. The Morgan fingerprint density at radius 1 is 1.11 bits per heavy atom. The van der Waals surface area contributed by atoms with Gasteiger partial charge in [0.1, 0.15) is 12.4 Å². The van der Waals surface area contributed by atoms with Crippen LogP contribution < -0.4 is 0 Å². The Labute approximate surface area is 223 Å². The molecule has 1 aliphatic heterocycles. The third-order valence-corrected chi connectivity index (χ3v) is 8.43. The fraction of sp³-hybridized carbons (Fsp3) is 0.741. The Hall–Kier alpha value is -1.69. The second-order valence-corrected chi connectivity index (χ2v) is 12.3. The number of aliphatic hydroxyl groups excluding tert-OH is 4. The topological polar surface area (TPSA) is 157 Å². The molecule has 0 unspecified atom stereocenters. The highest BCUT2D eigenvalue weighted by molar-refractivity contribution is 7.09. The molecule has 0 spiro atoms. The van der Waals surface area contributed by atoms with Gasteiger partial charge in [-0.25, -0.2) is 4.98 Å². The number of esters is 1. The van der Waals surface area contributed by atoms with Crippen LogP contribution >= 0.6 is 11.3 Å². The van der Waals surface area contributed by atoms with Crippen LogP contribution in [-0.2, 0) is 14.3 Å². The number of nitrogens with zero attached hydrogens (tertiary/aromatic N) is 1. The zero-order valence-corrected chi connectivity index (χ0v) is 23.5. The average Bonchev–Trinajstić information content (AvgIpc) is 3.23. The van der Waals surface area contributed by atoms with E-state index in [9.17, 15) is 35.1 Å². The number of hydrogen-bond acceptors (Lipinski definition) is 10. The van der Waals surface area contributed by atoms with Crippen molar-refractivity contribution in [2.24, 2.45) is 17.3 Å². The third kappa shape index (κ3) is 8.40. The standard InChI is InChI=1S/C27H43NO8S/c1-15-8-7-9-27(6,35)22(31)11-20(29)18(10-19-14-37-17(3)28-19)13-36-23(32)12-21(30)26(4,5)25(34)16(2)24(15)33/h10,14-16,20-22,24,29-31,33,35H,7-9,11-13H2,1-6H3/b18-10-/t15-,16+,20-,21-,22-,24-,27+/m0/s1. The van der Waals surface area contributed by atoms with Gasteiger partial charge in [0, 0.05) is 17.7 Å². The lowest BCUT2D eigenvalue weighted by atomic mass is 9.73. The van der Waals surface area contributed by atoms with Crippen LogP contribution in [0.1, 0.15) is 77.4 Å². The number of ketones is 1. The van der Waals surface area contributed by atoms with Crippen molar-refractivity contribution in [2.75, 3.05) is 6.61 Å². The number of thiazole rings is 1. The van der Waals surface area contributed by atoms with Crippen LogP contribution in [0.25, 0.3) is 6.08 Å². The van der Waals surface area contributed by atoms with E-state index >= 15 is 0 Å². The normalized spacial score (nSPS) is 36.6. The number of carbonyl (C=O) groups excluding carboxylic acids is 2. The fourth-order valence-electron chi connectivity index (χ4n) is 4.64. The Kier molecular flexibility index (Phi) is 11.0. The number of aryl methyl sites for hydroxylation is 1. The molecular weight excluding hydrogens is 498 g/mol. The molecule has 10 heteroatoms. The van der Waals surface area contributed by atoms with E-state index in [1.165, 1.54) is 32.1 Å². The predicted molar refractivity (Wildman–Crippen MR) is 141 cm³/mol. The Morgan fingerprint density at radius 2 is 1.76 bits per heavy atom. The molecule has 1 aromatic rings. The smallest absolute Gasteiger partial charge is 0.308 e. The fourth-order valence-corrected chi connectivity index (χ4v) is 5.21. The summed E-state index contributed by atoms with van der Waals surface area (Å²) in [6.07, 6.45) is -2.72. The van der Waals surface area contributed by atoms with Gasteiger partial charge in [0.05, 0.1) is 52.6 Å². The molecule has 0 aliphatic carbocycles. The lowest BCUT2D eigenvalue weighted by molar-refractivity contribution is -0.151. The number of carbonyl (C=O) groups is 2. The second kappa shape index (κ2) is 12.9. The molecule has 0 amide bonds. The molecule has 5 N–H and O–H groups in total. The zero-order valence-electron chi connectivity index (χ0n) is 22.7. The first-order valence-corrected chi connectivity index (χ1v) is 13.7. The van der Waals surface area contributed by atoms with Crippen molar-refractivity contribution in [2.45, 2.75) is 104 Å². The van der Waals surface area contributed by atoms with Crippen molar-refractivity contribution in [3.05, 3.63) is 21.7 Å². The minimum atomic E-state index is -1.51. The maximum atomic E-state index is 13.2. The monoisotopic (exact) mass is 541 g/mol. The van der Waals surface area contributed by atoms with Crippen molar-refractivity contribution in [3.63, 3.8) is 0 Å². The highest BCUT2D eigenvalue weighted by Crippen LogP contribution is 2.33. The van der Waals surface area contributed by atoms with Crippen LogP contribution in [-0.4, -0.2) is 78.9 Å². The summed E-state index contributed by atoms with van der Waals surface area (Å²) in [5.74, 6) is -2.21. The molecule has 1 aromatic heterocycles. The quantitative estimate of drug-likeness (QED) is 0.337. The second-order valence-electron chi connectivity index (χ2n) is 11.3. The molecule has 1 saturated heterocycles. The molecule has 0 bridgehead atoms. The first-order valence-electron chi connectivity index (χ1n) is 12.8. The molecule has 9 nitrogen and oxygen atoms in total. The molecule has 210 valence electrons. The number of Topliss-reactive ketones (excluding diaryl/α,β-unsaturated/α-hetero) is 1. The highest BCUT2D eigenvalue weighted by Gasteiger charge is 2.42. The first kappa shape index (κ1) is 31.5. The molecule has 1 aliphatic rings. The summed E-state index contributed by atoms with van der Waals surface area (Å²) in [6, 6.07) is 0. The van der Waals surface area contributed by atoms with Crippen molar-refractivity contribution in [1.29, 1.82) is 0 Å². The first-order chi connectivity index (χ1) is 17.1. The number of aliphatic hydroxyl groups is 5. The summed E-state index contributed by atoms with van der Waals surface area (Å²) in [5, 5.41) is 56.7. The van der Waals surface area contributed by atoms with Gasteiger partial charge in [-0.05, 0) is 44.3 Å². The average molecular weight is 542 g/mol. The lowest BCUT2D eigenvalue weighted by Gasteiger charge is -2.35. The van der Waals surface area contributed by atoms with Gasteiger partial charge < -0.3 is 30.3 Å². The maximum Gasteiger partial charge on any atom is 0.308 e. The van der Waals surface area contributed by atoms with Crippen molar-refractivity contribution < 1.29 is 39.9 Å². The molecule has 0 aromatic carbocycles. The Morgan fingerprint density at radius 3 is 2.35 bits per heavy atom. The van der Waals surface area contributed by atoms with Crippen LogP contribution in [0.2, 0.25) is 0 Å². The zero-order chi connectivity index (χ0) is 28.1. The molecule has 2 heterocycles. The summed E-state index contributed by atoms with van der Waals surface area (Å²) >= 11 is 1.41. The summed E-state index contributed by atoms with van der Waals surface area (Å²) in [5.41, 5.74) is -1.98. The number of rotatable bonds is 1. The summed E-state index contributed by atoms with van der Waals surface area (Å²) < 4.78 is 5.34. The lowest BCUT2D eigenvalue weighted by Crippen LogP contribution is -2.46. The van der Waals surface area contributed by atoms with Crippen LogP contribution in [0.15, 0.2) is 11.0 Å². The van der Waals surface area contributed by atoms with Gasteiger partial charge in [0.2, 0.25) is 0 Å². The minimum absolute atomic E-state index is 0.196. The minimum Gasteiger partial charge on any atom is -0.461 e. The van der Waals surface area contributed by atoms with Crippen LogP contribution in [0.5, 0.6) is 0 Å². The van der Waals surface area contributed by atoms with E-state index in [2.05, 4.69) is 4.98 Å². The predicted octanol–water partition coefficient (Wildman–Crippen LogP) is 2.40. The van der Waals surface area contributed by atoms with Gasteiger partial charge in [-0.15, -0.1) is 11.3 Å². The highest BCUT2D eigenvalue weighted by atomic mass is 32.1. The molecule has 7 atom stereocenters. The van der Waals surface area contributed by atoms with Crippen LogP contribution in [0.3, 0.4) is 0 Å². The van der Waals surface area contributed by atoms with E-state index in [0.29, 0.717) is 18.5 Å². The van der Waals surface area contributed by atoms with Gasteiger partial charge in [-0.2, -0.15) is 0 Å². The van der Waals surface area contributed by atoms with Crippen molar-refractivity contribution in [1.82, 2.24) is 4.98 Å². The molecule has 37 heavy (non-hydrogen) atoms. The van der Waals surface area contributed by atoms with E-state index in [0.717, 1.165) is 5.01 Å².